The molecule has 0 aromatic rings. The molecule has 0 radical (unpaired) electrons. The number of unbranched alkanes of at least 4 members (excludes halogenated alkanes) is 16. The summed E-state index contributed by atoms with van der Waals surface area (Å²) >= 11 is 0. The van der Waals surface area contributed by atoms with Gasteiger partial charge in [-0.05, 0) is 64.2 Å². The molecule has 0 aromatic heterocycles. The fraction of sp³-hybridized carbons (Fsp3) is 0.735. The quantitative estimate of drug-likeness (QED) is 0.0273. The summed E-state index contributed by atoms with van der Waals surface area (Å²) in [5, 5.41) is 40.1. The highest BCUT2D eigenvalue weighted by molar-refractivity contribution is 5.71. The molecule has 1 fully saturated rings. The van der Waals surface area contributed by atoms with Crippen molar-refractivity contribution in [3.63, 3.8) is 0 Å². The van der Waals surface area contributed by atoms with Crippen LogP contribution in [0.5, 0.6) is 0 Å². The summed E-state index contributed by atoms with van der Waals surface area (Å²) in [6.45, 7) is 4.31. The van der Waals surface area contributed by atoms with Gasteiger partial charge in [0, 0.05) is 6.61 Å². The summed E-state index contributed by atoms with van der Waals surface area (Å²) in [5.41, 5.74) is 0. The van der Waals surface area contributed by atoms with Gasteiger partial charge in [0.15, 0.2) is 6.29 Å². The van der Waals surface area contributed by atoms with E-state index in [1.807, 2.05) is 6.08 Å². The van der Waals surface area contributed by atoms with Gasteiger partial charge in [-0.2, -0.15) is 0 Å². The molecule has 6 atom stereocenters. The summed E-state index contributed by atoms with van der Waals surface area (Å²) in [4.78, 5) is 12.7. The van der Waals surface area contributed by atoms with Gasteiger partial charge in [-0.15, -0.1) is 0 Å². The fourth-order valence-electron chi connectivity index (χ4n) is 6.56. The van der Waals surface area contributed by atoms with Crippen LogP contribution >= 0.6 is 0 Å². The van der Waals surface area contributed by atoms with E-state index in [0.29, 0.717) is 13.0 Å². The molecular formula is C49H84O9. The number of aliphatic hydroxyl groups is 4. The van der Waals surface area contributed by atoms with Crippen LogP contribution in [0, 0.1) is 0 Å². The van der Waals surface area contributed by atoms with Gasteiger partial charge >= 0.3 is 5.97 Å². The molecule has 334 valence electrons. The molecule has 1 aliphatic rings. The van der Waals surface area contributed by atoms with Gasteiger partial charge in [-0.1, -0.05) is 170 Å². The van der Waals surface area contributed by atoms with Gasteiger partial charge in [0.05, 0.1) is 26.2 Å². The van der Waals surface area contributed by atoms with Gasteiger partial charge in [-0.25, -0.2) is 0 Å². The third-order valence-corrected chi connectivity index (χ3v) is 10.1. The molecule has 0 saturated carbocycles. The highest BCUT2D eigenvalue weighted by Crippen LogP contribution is 2.22. The number of ether oxygens (including phenoxy) is 4. The van der Waals surface area contributed by atoms with E-state index in [0.717, 1.165) is 38.5 Å². The summed E-state index contributed by atoms with van der Waals surface area (Å²) in [6.07, 6.45) is 45.3. The van der Waals surface area contributed by atoms with Crippen molar-refractivity contribution in [2.24, 2.45) is 0 Å². The van der Waals surface area contributed by atoms with Crippen LogP contribution in [0.2, 0.25) is 0 Å². The first kappa shape index (κ1) is 53.6. The second-order valence-electron chi connectivity index (χ2n) is 15.5. The number of rotatable bonds is 38. The van der Waals surface area contributed by atoms with Gasteiger partial charge in [-0.3, -0.25) is 4.79 Å². The number of carbonyl (C=O) groups excluding carboxylic acids is 1. The SMILES string of the molecule is CC/C=C\C/C=C\C/C=C\C/C=C\C/C=C\CC(=O)OC(COCCCCCCCCCCCC/C=C\CCCCCCCC)COC1OC(CO)C(O)C(O)C1O. The van der Waals surface area contributed by atoms with E-state index in [1.165, 1.54) is 103 Å². The standard InChI is InChI=1S/C49H84O9/c1-3-5-7-9-11-13-15-17-19-20-21-22-23-25-27-29-31-33-35-37-39-55-41-43(42-56-49-48(54)47(53)46(52)44(40-50)58-49)57-45(51)38-36-34-32-30-28-26-24-18-16-14-12-10-8-6-4-2/h6,8,12,14,17-19,24,28,30,34,36,43-44,46-50,52-54H,3-5,7,9-11,13,15-16,20-23,25-27,29,31-33,35,37-42H2,1-2H3/b8-6-,14-12-,19-17-,24-18-,30-28-,36-34-. The van der Waals surface area contributed by atoms with Crippen molar-refractivity contribution < 1.29 is 44.2 Å². The monoisotopic (exact) mass is 817 g/mol. The van der Waals surface area contributed by atoms with Crippen molar-refractivity contribution >= 4 is 5.97 Å². The first-order valence-corrected chi connectivity index (χ1v) is 23.0. The van der Waals surface area contributed by atoms with Gasteiger partial charge in [0.25, 0.3) is 0 Å². The van der Waals surface area contributed by atoms with Crippen LogP contribution in [-0.4, -0.2) is 89.6 Å². The highest BCUT2D eigenvalue weighted by Gasteiger charge is 2.44. The minimum Gasteiger partial charge on any atom is -0.457 e. The van der Waals surface area contributed by atoms with Crippen molar-refractivity contribution in [2.75, 3.05) is 26.4 Å². The lowest BCUT2D eigenvalue weighted by atomic mass is 9.99. The van der Waals surface area contributed by atoms with Gasteiger partial charge in [0.1, 0.15) is 30.5 Å². The molecule has 0 aromatic carbocycles. The van der Waals surface area contributed by atoms with Gasteiger partial charge in [0.2, 0.25) is 0 Å². The Labute approximate surface area is 353 Å². The molecule has 6 unspecified atom stereocenters. The molecule has 4 N–H and O–H groups in total. The molecule has 1 aliphatic heterocycles. The lowest BCUT2D eigenvalue weighted by Crippen LogP contribution is -2.59. The van der Waals surface area contributed by atoms with Crippen molar-refractivity contribution in [3.8, 4) is 0 Å². The molecule has 0 aliphatic carbocycles. The normalized spacial score (nSPS) is 21.0. The summed E-state index contributed by atoms with van der Waals surface area (Å²) in [7, 11) is 0. The zero-order valence-electron chi connectivity index (χ0n) is 36.5. The minimum atomic E-state index is -1.56. The number of hydrogen-bond acceptors (Lipinski definition) is 9. The molecule has 0 spiro atoms. The topological polar surface area (TPSA) is 135 Å². The minimum absolute atomic E-state index is 0.0841. The Morgan fingerprint density at radius 1 is 0.569 bits per heavy atom. The largest absolute Gasteiger partial charge is 0.457 e. The van der Waals surface area contributed by atoms with Crippen LogP contribution in [0.25, 0.3) is 0 Å². The van der Waals surface area contributed by atoms with Crippen LogP contribution in [-0.2, 0) is 23.7 Å². The zero-order valence-corrected chi connectivity index (χ0v) is 36.5. The maximum Gasteiger partial charge on any atom is 0.310 e. The fourth-order valence-corrected chi connectivity index (χ4v) is 6.56. The average molecular weight is 817 g/mol. The van der Waals surface area contributed by atoms with Crippen molar-refractivity contribution in [1.82, 2.24) is 0 Å². The highest BCUT2D eigenvalue weighted by atomic mass is 16.7. The Hall–Kier alpha value is -2.37. The van der Waals surface area contributed by atoms with E-state index < -0.39 is 49.4 Å². The number of esters is 1. The Bertz CT molecular complexity index is 1110. The number of aliphatic hydroxyl groups excluding tert-OH is 4. The first-order chi connectivity index (χ1) is 28.4. The van der Waals surface area contributed by atoms with E-state index in [9.17, 15) is 25.2 Å². The van der Waals surface area contributed by atoms with E-state index in [4.69, 9.17) is 18.9 Å². The van der Waals surface area contributed by atoms with Crippen LogP contribution in [0.1, 0.15) is 168 Å². The van der Waals surface area contributed by atoms with Crippen molar-refractivity contribution in [1.29, 1.82) is 0 Å². The van der Waals surface area contributed by atoms with E-state index in [2.05, 4.69) is 74.6 Å². The molecule has 58 heavy (non-hydrogen) atoms. The summed E-state index contributed by atoms with van der Waals surface area (Å²) in [6, 6.07) is 0. The number of allylic oxidation sites excluding steroid dienone is 11. The molecule has 1 rings (SSSR count). The van der Waals surface area contributed by atoms with Crippen molar-refractivity contribution in [2.45, 2.75) is 205 Å². The van der Waals surface area contributed by atoms with E-state index in [1.54, 1.807) is 6.08 Å². The maximum atomic E-state index is 12.7. The van der Waals surface area contributed by atoms with E-state index >= 15 is 0 Å². The second kappa shape index (κ2) is 40.1. The Balaban J connectivity index is 2.30. The third-order valence-electron chi connectivity index (χ3n) is 10.1. The van der Waals surface area contributed by atoms with Gasteiger partial charge < -0.3 is 39.4 Å². The lowest BCUT2D eigenvalue weighted by Gasteiger charge is -2.39. The molecule has 0 amide bonds. The molecule has 0 bridgehead atoms. The lowest BCUT2D eigenvalue weighted by molar-refractivity contribution is -0.305. The predicted molar refractivity (Wildman–Crippen MR) is 237 cm³/mol. The first-order valence-electron chi connectivity index (χ1n) is 23.0. The van der Waals surface area contributed by atoms with Crippen LogP contribution < -0.4 is 0 Å². The summed E-state index contributed by atoms with van der Waals surface area (Å²) < 4.78 is 22.7. The summed E-state index contributed by atoms with van der Waals surface area (Å²) in [5.74, 6) is -0.442. The van der Waals surface area contributed by atoms with Crippen LogP contribution in [0.3, 0.4) is 0 Å². The van der Waals surface area contributed by atoms with Crippen LogP contribution in [0.15, 0.2) is 72.9 Å². The second-order valence-corrected chi connectivity index (χ2v) is 15.5. The maximum absolute atomic E-state index is 12.7. The number of carbonyl (C=O) groups is 1. The molecule has 9 nitrogen and oxygen atoms in total. The van der Waals surface area contributed by atoms with Crippen LogP contribution in [0.4, 0.5) is 0 Å². The van der Waals surface area contributed by atoms with Crippen molar-refractivity contribution in [3.05, 3.63) is 72.9 Å². The Kier molecular flexibility index (Phi) is 37.1. The van der Waals surface area contributed by atoms with E-state index in [-0.39, 0.29) is 19.6 Å². The molecule has 1 saturated heterocycles. The zero-order chi connectivity index (χ0) is 42.2. The number of hydrogen-bond donors (Lipinski definition) is 4. The molecular weight excluding hydrogens is 733 g/mol. The smallest absolute Gasteiger partial charge is 0.310 e. The predicted octanol–water partition coefficient (Wildman–Crippen LogP) is 10.5. The molecule has 1 heterocycles. The average Bonchev–Trinajstić information content (AvgIpc) is 3.22. The third kappa shape index (κ3) is 30.6. The Morgan fingerprint density at radius 3 is 1.57 bits per heavy atom. The Morgan fingerprint density at radius 2 is 1.05 bits per heavy atom. The molecule has 9 heteroatoms.